The van der Waals surface area contributed by atoms with Crippen LogP contribution >= 0.6 is 0 Å². The topological polar surface area (TPSA) is 142 Å². The minimum atomic E-state index is -1.06. The SMILES string of the molecule is Cc1noc(C(C)OC(=O)c2ccc3c(c2[N+](=O)[O-])C(=O)c2ccccc2C3=O)n1. The maximum Gasteiger partial charge on any atom is 0.345 e. The van der Waals surface area contributed by atoms with Crippen LogP contribution in [0.15, 0.2) is 40.9 Å². The van der Waals surface area contributed by atoms with Gasteiger partial charge in [-0.1, -0.05) is 29.4 Å². The van der Waals surface area contributed by atoms with E-state index in [-0.39, 0.29) is 22.6 Å². The molecule has 0 aliphatic heterocycles. The zero-order valence-electron chi connectivity index (χ0n) is 15.7. The number of hydrogen-bond acceptors (Lipinski definition) is 9. The van der Waals surface area contributed by atoms with Crippen molar-refractivity contribution in [3.8, 4) is 0 Å². The predicted octanol–water partition coefficient (Wildman–Crippen LogP) is 2.98. The minimum absolute atomic E-state index is 0.0154. The number of carbonyl (C=O) groups is 3. The zero-order chi connectivity index (χ0) is 21.6. The van der Waals surface area contributed by atoms with E-state index in [2.05, 4.69) is 10.1 Å². The van der Waals surface area contributed by atoms with Crippen LogP contribution in [0.1, 0.15) is 66.9 Å². The number of fused-ring (bicyclic) bond motifs is 2. The number of aryl methyl sites for hydroxylation is 1. The third-order valence-corrected chi connectivity index (χ3v) is 4.64. The van der Waals surface area contributed by atoms with E-state index in [4.69, 9.17) is 9.26 Å². The quantitative estimate of drug-likeness (QED) is 0.283. The number of nitro groups is 1. The Labute approximate surface area is 168 Å². The molecule has 3 aromatic rings. The normalized spacial score (nSPS) is 13.4. The predicted molar refractivity (Wildman–Crippen MR) is 99.3 cm³/mol. The lowest BCUT2D eigenvalue weighted by Crippen LogP contribution is -2.24. The molecule has 0 saturated carbocycles. The molecular formula is C20H13N3O7. The Morgan fingerprint density at radius 1 is 1.10 bits per heavy atom. The summed E-state index contributed by atoms with van der Waals surface area (Å²) in [5.41, 5.74) is -1.61. The molecule has 0 spiro atoms. The lowest BCUT2D eigenvalue weighted by Gasteiger charge is -2.18. The molecule has 0 fully saturated rings. The van der Waals surface area contributed by atoms with Gasteiger partial charge in [0.1, 0.15) is 11.1 Å². The van der Waals surface area contributed by atoms with Gasteiger partial charge in [-0.3, -0.25) is 19.7 Å². The van der Waals surface area contributed by atoms with Crippen LogP contribution in [0.25, 0.3) is 0 Å². The van der Waals surface area contributed by atoms with Crippen LogP contribution in [-0.2, 0) is 4.74 Å². The standard InChI is InChI=1S/C20H13N3O7/c1-9(19-21-10(2)22-30-19)29-20(26)14-8-7-13-15(16(14)23(27)28)18(25)12-6-4-3-5-11(12)17(13)24/h3-9H,1-2H3. The van der Waals surface area contributed by atoms with Crippen molar-refractivity contribution in [1.29, 1.82) is 0 Å². The summed E-state index contributed by atoms with van der Waals surface area (Å²) in [6.07, 6.45) is -0.979. The summed E-state index contributed by atoms with van der Waals surface area (Å²) in [6, 6.07) is 8.34. The van der Waals surface area contributed by atoms with E-state index >= 15 is 0 Å². The molecule has 0 amide bonds. The molecule has 10 nitrogen and oxygen atoms in total. The molecule has 1 heterocycles. The average Bonchev–Trinajstić information content (AvgIpc) is 3.17. The van der Waals surface area contributed by atoms with Crippen LogP contribution in [0.5, 0.6) is 0 Å². The molecular weight excluding hydrogens is 394 g/mol. The Morgan fingerprint density at radius 3 is 2.37 bits per heavy atom. The van der Waals surface area contributed by atoms with E-state index in [1.54, 1.807) is 19.1 Å². The van der Waals surface area contributed by atoms with Crippen LogP contribution in [0, 0.1) is 17.0 Å². The Balaban J connectivity index is 1.79. The summed E-state index contributed by atoms with van der Waals surface area (Å²) < 4.78 is 10.1. The van der Waals surface area contributed by atoms with Crippen molar-refractivity contribution in [3.63, 3.8) is 0 Å². The molecule has 1 aliphatic rings. The summed E-state index contributed by atoms with van der Waals surface area (Å²) in [7, 11) is 0. The van der Waals surface area contributed by atoms with E-state index in [0.717, 1.165) is 6.07 Å². The molecule has 1 unspecified atom stereocenters. The second-order valence-electron chi connectivity index (χ2n) is 6.57. The maximum absolute atomic E-state index is 13.0. The highest BCUT2D eigenvalue weighted by molar-refractivity contribution is 6.30. The molecule has 0 radical (unpaired) electrons. The molecule has 150 valence electrons. The van der Waals surface area contributed by atoms with Gasteiger partial charge in [0.05, 0.1) is 4.92 Å². The summed E-state index contributed by atoms with van der Waals surface area (Å²) in [5.74, 6) is -1.95. The number of ketones is 2. The van der Waals surface area contributed by atoms with Gasteiger partial charge in [-0.2, -0.15) is 4.98 Å². The molecule has 1 atom stereocenters. The van der Waals surface area contributed by atoms with Gasteiger partial charge >= 0.3 is 5.97 Å². The van der Waals surface area contributed by atoms with Gasteiger partial charge < -0.3 is 9.26 Å². The fraction of sp³-hybridized carbons (Fsp3) is 0.150. The lowest BCUT2D eigenvalue weighted by molar-refractivity contribution is -0.385. The number of aromatic nitrogens is 2. The van der Waals surface area contributed by atoms with Crippen molar-refractivity contribution in [2.75, 3.05) is 0 Å². The average molecular weight is 407 g/mol. The Hall–Kier alpha value is -4.21. The summed E-state index contributed by atoms with van der Waals surface area (Å²) in [4.78, 5) is 53.3. The summed E-state index contributed by atoms with van der Waals surface area (Å²) in [6.45, 7) is 3.04. The highest BCUT2D eigenvalue weighted by Gasteiger charge is 2.39. The number of nitro benzene ring substituents is 1. The molecule has 0 saturated heterocycles. The van der Waals surface area contributed by atoms with Gasteiger partial charge in [0.15, 0.2) is 17.7 Å². The molecule has 0 N–H and O–H groups in total. The third-order valence-electron chi connectivity index (χ3n) is 4.64. The number of esters is 1. The highest BCUT2D eigenvalue weighted by Crippen LogP contribution is 2.36. The van der Waals surface area contributed by atoms with Gasteiger partial charge in [0.2, 0.25) is 5.78 Å². The number of hydrogen-bond donors (Lipinski definition) is 0. The second kappa shape index (κ2) is 6.99. The minimum Gasteiger partial charge on any atom is -0.449 e. The first-order chi connectivity index (χ1) is 14.3. The number of nitrogens with zero attached hydrogens (tertiary/aromatic N) is 3. The van der Waals surface area contributed by atoms with Gasteiger partial charge in [0.25, 0.3) is 11.6 Å². The van der Waals surface area contributed by atoms with E-state index in [9.17, 15) is 24.5 Å². The van der Waals surface area contributed by atoms with Crippen molar-refractivity contribution < 1.29 is 28.6 Å². The van der Waals surface area contributed by atoms with E-state index in [0.29, 0.717) is 5.82 Å². The molecule has 4 rings (SSSR count). The van der Waals surface area contributed by atoms with Gasteiger partial charge in [-0.05, 0) is 26.0 Å². The first-order valence-corrected chi connectivity index (χ1v) is 8.80. The summed E-state index contributed by atoms with van der Waals surface area (Å²) in [5, 5.41) is 15.4. The summed E-state index contributed by atoms with van der Waals surface area (Å²) >= 11 is 0. The van der Waals surface area contributed by atoms with Crippen molar-refractivity contribution in [2.24, 2.45) is 0 Å². The molecule has 2 aromatic carbocycles. The molecule has 1 aromatic heterocycles. The van der Waals surface area contributed by atoms with Crippen LogP contribution in [-0.4, -0.2) is 32.6 Å². The lowest BCUT2D eigenvalue weighted by atomic mass is 9.82. The largest absolute Gasteiger partial charge is 0.449 e. The molecule has 0 bridgehead atoms. The number of benzene rings is 2. The number of rotatable bonds is 4. The Kier molecular flexibility index (Phi) is 4.46. The Bertz CT molecular complexity index is 1240. The Morgan fingerprint density at radius 2 is 1.77 bits per heavy atom. The zero-order valence-corrected chi connectivity index (χ0v) is 15.7. The van der Waals surface area contributed by atoms with Gasteiger partial charge in [-0.15, -0.1) is 0 Å². The van der Waals surface area contributed by atoms with Gasteiger partial charge in [0, 0.05) is 16.7 Å². The van der Waals surface area contributed by atoms with Crippen molar-refractivity contribution in [2.45, 2.75) is 20.0 Å². The monoisotopic (exact) mass is 407 g/mol. The van der Waals surface area contributed by atoms with Crippen LogP contribution in [0.2, 0.25) is 0 Å². The third kappa shape index (κ3) is 2.94. The second-order valence-corrected chi connectivity index (χ2v) is 6.57. The molecule has 1 aliphatic carbocycles. The smallest absolute Gasteiger partial charge is 0.345 e. The van der Waals surface area contributed by atoms with Gasteiger partial charge in [-0.25, -0.2) is 4.79 Å². The van der Waals surface area contributed by atoms with Crippen molar-refractivity contribution in [3.05, 3.63) is 86.0 Å². The highest BCUT2D eigenvalue weighted by atomic mass is 16.6. The number of carbonyl (C=O) groups excluding carboxylic acids is 3. The van der Waals surface area contributed by atoms with E-state index in [1.807, 2.05) is 0 Å². The van der Waals surface area contributed by atoms with Crippen molar-refractivity contribution in [1.82, 2.24) is 10.1 Å². The number of ether oxygens (including phenoxy) is 1. The fourth-order valence-electron chi connectivity index (χ4n) is 3.28. The van der Waals surface area contributed by atoms with Crippen LogP contribution in [0.3, 0.4) is 0 Å². The van der Waals surface area contributed by atoms with Crippen LogP contribution < -0.4 is 0 Å². The first kappa shape index (κ1) is 19.1. The van der Waals surface area contributed by atoms with E-state index < -0.39 is 45.4 Å². The van der Waals surface area contributed by atoms with Crippen molar-refractivity contribution >= 4 is 23.2 Å². The first-order valence-electron chi connectivity index (χ1n) is 8.80. The molecule has 30 heavy (non-hydrogen) atoms. The van der Waals surface area contributed by atoms with E-state index in [1.165, 1.54) is 25.1 Å². The molecule has 10 heteroatoms. The van der Waals surface area contributed by atoms with Crippen LogP contribution in [0.4, 0.5) is 5.69 Å². The fourth-order valence-corrected chi connectivity index (χ4v) is 3.28. The maximum atomic E-state index is 13.0.